The van der Waals surface area contributed by atoms with Crippen LogP contribution in [0.1, 0.15) is 15.9 Å². The molecular weight excluding hydrogens is 477 g/mol. The summed E-state index contributed by atoms with van der Waals surface area (Å²) in [7, 11) is 1.51. The van der Waals surface area contributed by atoms with Gasteiger partial charge in [0.15, 0.2) is 0 Å². The van der Waals surface area contributed by atoms with Gasteiger partial charge in [0.1, 0.15) is 16.5 Å². The highest BCUT2D eigenvalue weighted by Gasteiger charge is 2.39. The van der Waals surface area contributed by atoms with Crippen molar-refractivity contribution in [2.45, 2.75) is 6.92 Å². The maximum absolute atomic E-state index is 13.1. The van der Waals surface area contributed by atoms with E-state index in [-0.39, 0.29) is 16.6 Å². The Morgan fingerprint density at radius 2 is 1.68 bits per heavy atom. The number of rotatable bonds is 6. The topological polar surface area (TPSA) is 87.7 Å². The fourth-order valence-corrected chi connectivity index (χ4v) is 3.88. The number of nitrogens with one attached hydrogen (secondary N) is 2. The number of imide groups is 1. The number of hydrogen-bond acceptors (Lipinski definition) is 5. The van der Waals surface area contributed by atoms with Crippen molar-refractivity contribution in [3.05, 3.63) is 93.6 Å². The maximum Gasteiger partial charge on any atom is 0.283 e. The molecule has 3 amide bonds. The van der Waals surface area contributed by atoms with E-state index in [0.717, 1.165) is 4.90 Å². The number of hydrogen-bond donors (Lipinski definition) is 2. The lowest BCUT2D eigenvalue weighted by Crippen LogP contribution is -2.32. The number of para-hydroxylation sites is 2. The molecule has 34 heavy (non-hydrogen) atoms. The predicted octanol–water partition coefficient (Wildman–Crippen LogP) is 5.35. The zero-order valence-electron chi connectivity index (χ0n) is 18.2. The molecule has 0 spiro atoms. The van der Waals surface area contributed by atoms with E-state index in [0.29, 0.717) is 39.0 Å². The van der Waals surface area contributed by atoms with Crippen molar-refractivity contribution in [3.8, 4) is 5.75 Å². The molecule has 9 heteroatoms. The van der Waals surface area contributed by atoms with E-state index < -0.39 is 11.8 Å². The fourth-order valence-electron chi connectivity index (χ4n) is 3.49. The molecule has 0 fully saturated rings. The van der Waals surface area contributed by atoms with Crippen LogP contribution in [0.5, 0.6) is 5.75 Å². The molecule has 0 bridgehead atoms. The zero-order valence-corrected chi connectivity index (χ0v) is 19.7. The van der Waals surface area contributed by atoms with Crippen molar-refractivity contribution < 1.29 is 19.1 Å². The normalized spacial score (nSPS) is 13.4. The number of carbonyl (C=O) groups is 3. The molecule has 7 nitrogen and oxygen atoms in total. The van der Waals surface area contributed by atoms with E-state index in [9.17, 15) is 14.4 Å². The van der Waals surface area contributed by atoms with Crippen LogP contribution < -0.4 is 20.3 Å². The second-order valence-electron chi connectivity index (χ2n) is 7.38. The van der Waals surface area contributed by atoms with Gasteiger partial charge in [0, 0.05) is 16.3 Å². The molecule has 0 saturated heterocycles. The molecule has 3 aromatic rings. The largest absolute Gasteiger partial charge is 0.495 e. The number of amides is 3. The van der Waals surface area contributed by atoms with Crippen molar-refractivity contribution in [3.63, 3.8) is 0 Å². The SMILES string of the molecule is COc1ccccc1NC(=O)c1cccc(NC2=C(Cl)C(=O)N(c3cccc(Cl)c3C)C2=O)c1. The number of benzene rings is 3. The number of nitrogens with zero attached hydrogens (tertiary/aromatic N) is 1. The van der Waals surface area contributed by atoms with E-state index in [4.69, 9.17) is 27.9 Å². The highest BCUT2D eigenvalue weighted by atomic mass is 35.5. The van der Waals surface area contributed by atoms with Gasteiger partial charge in [0.05, 0.1) is 18.5 Å². The Bertz CT molecular complexity index is 1350. The maximum atomic E-state index is 13.1. The van der Waals surface area contributed by atoms with Gasteiger partial charge in [0.2, 0.25) is 0 Å². The molecule has 0 atom stereocenters. The van der Waals surface area contributed by atoms with E-state index in [1.54, 1.807) is 73.7 Å². The summed E-state index contributed by atoms with van der Waals surface area (Å²) in [4.78, 5) is 39.6. The van der Waals surface area contributed by atoms with Gasteiger partial charge in [-0.15, -0.1) is 0 Å². The monoisotopic (exact) mass is 495 g/mol. The van der Waals surface area contributed by atoms with Crippen LogP contribution >= 0.6 is 23.2 Å². The zero-order chi connectivity index (χ0) is 24.4. The summed E-state index contributed by atoms with van der Waals surface area (Å²) in [6.07, 6.45) is 0. The number of anilines is 3. The second-order valence-corrected chi connectivity index (χ2v) is 8.16. The summed E-state index contributed by atoms with van der Waals surface area (Å²) in [6.45, 7) is 1.71. The molecule has 1 heterocycles. The van der Waals surface area contributed by atoms with Gasteiger partial charge in [-0.1, -0.05) is 47.5 Å². The number of carbonyl (C=O) groups excluding carboxylic acids is 3. The highest BCUT2D eigenvalue weighted by molar-refractivity contribution is 6.53. The minimum absolute atomic E-state index is 0.0895. The van der Waals surface area contributed by atoms with Crippen LogP contribution in [0.4, 0.5) is 17.1 Å². The molecule has 0 radical (unpaired) electrons. The van der Waals surface area contributed by atoms with Crippen LogP contribution in [0.25, 0.3) is 0 Å². The van der Waals surface area contributed by atoms with E-state index >= 15 is 0 Å². The van der Waals surface area contributed by atoms with Crippen LogP contribution in [0.2, 0.25) is 5.02 Å². The van der Waals surface area contributed by atoms with Crippen molar-refractivity contribution in [1.82, 2.24) is 0 Å². The number of halogens is 2. The van der Waals surface area contributed by atoms with Crippen molar-refractivity contribution in [1.29, 1.82) is 0 Å². The first-order chi connectivity index (χ1) is 16.3. The molecule has 0 unspecified atom stereocenters. The third kappa shape index (κ3) is 4.35. The smallest absolute Gasteiger partial charge is 0.283 e. The van der Waals surface area contributed by atoms with Crippen molar-refractivity contribution in [2.75, 3.05) is 22.6 Å². The summed E-state index contributed by atoms with van der Waals surface area (Å²) < 4.78 is 5.26. The van der Waals surface area contributed by atoms with Gasteiger partial charge in [-0.05, 0) is 55.0 Å². The first kappa shape index (κ1) is 23.4. The van der Waals surface area contributed by atoms with Gasteiger partial charge in [-0.3, -0.25) is 14.4 Å². The molecule has 172 valence electrons. The number of ether oxygens (including phenoxy) is 1. The average molecular weight is 496 g/mol. The van der Waals surface area contributed by atoms with Crippen LogP contribution in [0.15, 0.2) is 77.5 Å². The standard InChI is InChI=1S/C25H19Cl2N3O4/c1-14-17(26)9-6-11-19(14)30-24(32)21(27)22(25(30)33)28-16-8-5-7-15(13-16)23(31)29-18-10-3-4-12-20(18)34-2/h3-13,28H,1-2H3,(H,29,31). The van der Waals surface area contributed by atoms with Crippen LogP contribution in [-0.2, 0) is 9.59 Å². The summed E-state index contributed by atoms with van der Waals surface area (Å²) in [6, 6.07) is 18.4. The van der Waals surface area contributed by atoms with Crippen molar-refractivity contribution in [2.24, 2.45) is 0 Å². The predicted molar refractivity (Wildman–Crippen MR) is 133 cm³/mol. The fraction of sp³-hybridized carbons (Fsp3) is 0.0800. The van der Waals surface area contributed by atoms with E-state index in [1.165, 1.54) is 7.11 Å². The Hall–Kier alpha value is -3.81. The van der Waals surface area contributed by atoms with Gasteiger partial charge in [-0.2, -0.15) is 0 Å². The Balaban J connectivity index is 1.57. The van der Waals surface area contributed by atoms with Gasteiger partial charge in [-0.25, -0.2) is 4.90 Å². The Labute approximate surface area is 205 Å². The van der Waals surface area contributed by atoms with Crippen LogP contribution in [0.3, 0.4) is 0 Å². The van der Waals surface area contributed by atoms with Crippen LogP contribution in [-0.4, -0.2) is 24.8 Å². The molecule has 0 saturated carbocycles. The lowest BCUT2D eigenvalue weighted by Gasteiger charge is -2.18. The third-order valence-corrected chi connectivity index (χ3v) is 6.02. The first-order valence-corrected chi connectivity index (χ1v) is 10.9. The Morgan fingerprint density at radius 3 is 2.44 bits per heavy atom. The summed E-state index contributed by atoms with van der Waals surface area (Å²) in [5.74, 6) is -1.14. The van der Waals surface area contributed by atoms with Gasteiger partial charge < -0.3 is 15.4 Å². The molecule has 0 aliphatic carbocycles. The Kier molecular flexibility index (Phi) is 6.58. The summed E-state index contributed by atoms with van der Waals surface area (Å²) in [5, 5.41) is 5.84. The minimum atomic E-state index is -0.662. The molecule has 3 aromatic carbocycles. The van der Waals surface area contributed by atoms with Gasteiger partial charge >= 0.3 is 0 Å². The minimum Gasteiger partial charge on any atom is -0.495 e. The summed E-state index contributed by atoms with van der Waals surface area (Å²) >= 11 is 12.4. The second kappa shape index (κ2) is 9.59. The Morgan fingerprint density at radius 1 is 0.941 bits per heavy atom. The first-order valence-electron chi connectivity index (χ1n) is 10.2. The summed E-state index contributed by atoms with van der Waals surface area (Å²) in [5.41, 5.74) is 2.09. The molecule has 4 rings (SSSR count). The molecular formula is C25H19Cl2N3O4. The molecule has 1 aliphatic rings. The molecule has 1 aliphatic heterocycles. The average Bonchev–Trinajstić information content (AvgIpc) is 3.04. The molecule has 2 N–H and O–H groups in total. The quantitative estimate of drug-likeness (QED) is 0.450. The number of methoxy groups -OCH3 is 1. The van der Waals surface area contributed by atoms with E-state index in [2.05, 4.69) is 10.6 Å². The lowest BCUT2D eigenvalue weighted by atomic mass is 10.1. The lowest BCUT2D eigenvalue weighted by molar-refractivity contribution is -0.120. The van der Waals surface area contributed by atoms with Crippen LogP contribution in [0, 0.1) is 6.92 Å². The third-order valence-electron chi connectivity index (χ3n) is 5.26. The molecule has 0 aromatic heterocycles. The van der Waals surface area contributed by atoms with Gasteiger partial charge in [0.25, 0.3) is 17.7 Å². The van der Waals surface area contributed by atoms with E-state index in [1.807, 2.05) is 0 Å². The van der Waals surface area contributed by atoms with Crippen molar-refractivity contribution >= 4 is 58.0 Å². The highest BCUT2D eigenvalue weighted by Crippen LogP contribution is 2.34.